The van der Waals surface area contributed by atoms with Crippen LogP contribution in [-0.4, -0.2) is 31.5 Å². The van der Waals surface area contributed by atoms with Gasteiger partial charge < -0.3 is 6.15 Å². The molecule has 5 radical (unpaired) electrons. The van der Waals surface area contributed by atoms with Crippen LogP contribution in [0.5, 0.6) is 0 Å². The van der Waals surface area contributed by atoms with E-state index in [2.05, 4.69) is 0 Å². The summed E-state index contributed by atoms with van der Waals surface area (Å²) in [5.74, 6) is 0. The summed E-state index contributed by atoms with van der Waals surface area (Å²) in [7, 11) is 0. The third kappa shape index (κ3) is 10.7. The third-order valence-corrected chi connectivity index (χ3v) is 0. The van der Waals surface area contributed by atoms with Gasteiger partial charge in [-0.15, -0.1) is 0 Å². The van der Waals surface area contributed by atoms with Crippen molar-refractivity contribution in [3.63, 3.8) is 0 Å². The molecule has 0 aromatic carbocycles. The second-order valence-electron chi connectivity index (χ2n) is 0. The van der Waals surface area contributed by atoms with E-state index in [1.54, 1.807) is 0 Å². The fraction of sp³-hybridized carbons (Fsp3) is 0. The van der Waals surface area contributed by atoms with E-state index in [4.69, 9.17) is 0 Å². The predicted octanol–water partition coefficient (Wildman–Crippen LogP) is -0.542. The summed E-state index contributed by atoms with van der Waals surface area (Å²) in [6, 6.07) is 0. The second-order valence-corrected chi connectivity index (χ2v) is 0. The summed E-state index contributed by atoms with van der Waals surface area (Å²) < 4.78 is 0. The molecule has 0 aliphatic rings. The van der Waals surface area contributed by atoms with E-state index in [-0.39, 0.29) is 47.5 Å². The minimum Gasteiger partial charge on any atom is -0.344 e. The minimum absolute atomic E-state index is 0. The van der Waals surface area contributed by atoms with Crippen LogP contribution < -0.4 is 6.15 Å². The lowest BCUT2D eigenvalue weighted by Crippen LogP contribution is -0.481. The van der Waals surface area contributed by atoms with Gasteiger partial charge in [0.05, 0.1) is 0 Å². The number of rotatable bonds is 0. The molecule has 1 nitrogen and oxygen atoms in total. The van der Waals surface area contributed by atoms with Gasteiger partial charge in [-0.1, -0.05) is 0 Å². The van der Waals surface area contributed by atoms with Crippen molar-refractivity contribution in [2.75, 3.05) is 0 Å². The molecule has 0 fully saturated rings. The molecule has 0 saturated heterocycles. The fourth-order valence-electron chi connectivity index (χ4n) is 0. The molecule has 0 spiro atoms. The van der Waals surface area contributed by atoms with Crippen molar-refractivity contribution in [2.45, 2.75) is 0 Å². The molecule has 0 bridgehead atoms. The maximum Gasteiger partial charge on any atom is 0 e. The Balaban J connectivity index is 0. The second kappa shape index (κ2) is 29.4. The molecule has 21 valence electrons. The van der Waals surface area contributed by atoms with E-state index in [1.165, 1.54) is 0 Å². The summed E-state index contributed by atoms with van der Waals surface area (Å²) >= 11 is 0. The first kappa shape index (κ1) is 62.4. The Morgan fingerprint density at radius 2 is 1.00 bits per heavy atom. The van der Waals surface area contributed by atoms with Crippen molar-refractivity contribution in [2.24, 2.45) is 0 Å². The third-order valence-electron chi connectivity index (χ3n) is 0. The Morgan fingerprint density at radius 1 is 1.00 bits per heavy atom. The van der Waals surface area contributed by atoms with Gasteiger partial charge >= 0.3 is 0 Å². The van der Waals surface area contributed by atoms with Crippen LogP contribution in [-0.2, 0) is 0 Å². The molecule has 0 amide bonds. The van der Waals surface area contributed by atoms with Crippen molar-refractivity contribution < 1.29 is 0 Å². The molecular formula is H6BMgNP. The van der Waals surface area contributed by atoms with Crippen LogP contribution in [0.3, 0.4) is 0 Å². The topological polar surface area (TPSA) is 35.0 Å². The lowest BCUT2D eigenvalue weighted by molar-refractivity contribution is 2.13. The van der Waals surface area contributed by atoms with E-state index in [9.17, 15) is 0 Å². The van der Waals surface area contributed by atoms with E-state index < -0.39 is 0 Å². The molecule has 0 aromatic heterocycles. The zero-order chi connectivity index (χ0) is 0. The monoisotopic (exact) mass is 86.0 g/mol. The number of hydrogen-bond acceptors (Lipinski definition) is 1. The molecule has 0 aliphatic carbocycles. The highest BCUT2D eigenvalue weighted by Gasteiger charge is 0.00102. The molecule has 4 heavy (non-hydrogen) atoms. The molecule has 0 aliphatic heterocycles. The van der Waals surface area contributed by atoms with Crippen LogP contribution in [0.2, 0.25) is 0 Å². The lowest BCUT2D eigenvalue weighted by Gasteiger charge is -0.344. The van der Waals surface area contributed by atoms with Crippen LogP contribution in [0.4, 0.5) is 0 Å². The summed E-state index contributed by atoms with van der Waals surface area (Å²) in [5.41, 5.74) is 0. The molecule has 0 heterocycles. The highest BCUT2D eigenvalue weighted by molar-refractivity contribution is 6.92. The van der Waals surface area contributed by atoms with Gasteiger partial charge in [0.1, 0.15) is 0 Å². The first-order valence-electron chi connectivity index (χ1n) is 0. The van der Waals surface area contributed by atoms with Crippen molar-refractivity contribution in [1.82, 2.24) is 6.15 Å². The van der Waals surface area contributed by atoms with E-state index in [0.29, 0.717) is 0 Å². The van der Waals surface area contributed by atoms with Crippen molar-refractivity contribution in [3.8, 4) is 0 Å². The Morgan fingerprint density at radius 3 is 1.00 bits per heavy atom. The van der Waals surface area contributed by atoms with Gasteiger partial charge in [0.15, 0.2) is 0 Å². The standard InChI is InChI=1S/B.Mg.H3N.H3P/h;;2*1H3. The smallest absolute Gasteiger partial charge is 0 e. The van der Waals surface area contributed by atoms with Gasteiger partial charge in [-0.3, -0.25) is 0 Å². The molecule has 3 N–H and O–H groups in total. The van der Waals surface area contributed by atoms with Crippen molar-refractivity contribution >= 4 is 41.4 Å². The zero-order valence-corrected chi connectivity index (χ0v) is 5.53. The van der Waals surface area contributed by atoms with Gasteiger partial charge in [-0.05, 0) is 0 Å². The highest BCUT2D eigenvalue weighted by Crippen LogP contribution is 0.861. The summed E-state index contributed by atoms with van der Waals surface area (Å²) in [6.07, 6.45) is 0. The normalized spacial score (nSPS) is 0. The summed E-state index contributed by atoms with van der Waals surface area (Å²) in [5, 5.41) is 0. The van der Waals surface area contributed by atoms with Gasteiger partial charge in [0.25, 0.3) is 0 Å². The Labute approximate surface area is 47.8 Å². The summed E-state index contributed by atoms with van der Waals surface area (Å²) in [6.45, 7) is 0. The molecule has 0 rings (SSSR count). The average Bonchev–Trinajstić information content (AvgIpc) is 0. The first-order valence-corrected chi connectivity index (χ1v) is 0. The molecule has 1 atom stereocenters. The molecule has 0 aromatic rings. The van der Waals surface area contributed by atoms with E-state index in [1.807, 2.05) is 0 Å². The van der Waals surface area contributed by atoms with Crippen LogP contribution in [0, 0.1) is 0 Å². The quantitative estimate of drug-likeness (QED) is 0.312. The van der Waals surface area contributed by atoms with Gasteiger partial charge in [0.2, 0.25) is 0 Å². The Bertz CT molecular complexity index is 8.00. The minimum atomic E-state index is 0. The highest BCUT2D eigenvalue weighted by atomic mass is 31.0. The fourth-order valence-corrected chi connectivity index (χ4v) is 0. The van der Waals surface area contributed by atoms with E-state index in [0.717, 1.165) is 0 Å². The van der Waals surface area contributed by atoms with Gasteiger partial charge in [0, 0.05) is 31.5 Å². The predicted molar refractivity (Wildman–Crippen MR) is 27.6 cm³/mol. The number of hydrogen-bond donors (Lipinski definition) is 1. The van der Waals surface area contributed by atoms with Crippen molar-refractivity contribution in [1.29, 1.82) is 0 Å². The maximum absolute atomic E-state index is 0. The van der Waals surface area contributed by atoms with Crippen LogP contribution in [0.25, 0.3) is 0 Å². The van der Waals surface area contributed by atoms with Gasteiger partial charge in [-0.25, -0.2) is 0 Å². The first-order chi connectivity index (χ1) is 0. The van der Waals surface area contributed by atoms with Crippen LogP contribution in [0.15, 0.2) is 0 Å². The largest absolute Gasteiger partial charge is 0.344 e. The molecule has 4 heteroatoms. The van der Waals surface area contributed by atoms with Crippen molar-refractivity contribution in [3.05, 3.63) is 0 Å². The van der Waals surface area contributed by atoms with Crippen LogP contribution in [0.1, 0.15) is 0 Å². The van der Waals surface area contributed by atoms with Crippen LogP contribution >= 0.6 is 9.90 Å². The maximum atomic E-state index is 0. The SMILES string of the molecule is N.P.[B].[Mg]. The molecule has 0 saturated carbocycles. The Hall–Kier alpha value is 1.22. The van der Waals surface area contributed by atoms with E-state index >= 15 is 0 Å². The zero-order valence-electron chi connectivity index (χ0n) is 2.70. The Kier molecular flexibility index (Phi) is 458. The lowest BCUT2D eigenvalue weighted by atomic mass is 10.8. The molecular weight excluding hydrogens is 80.1 g/mol. The molecule has 1 unspecified atom stereocenters. The average molecular weight is 86.1 g/mol. The summed E-state index contributed by atoms with van der Waals surface area (Å²) in [4.78, 5) is 0. The van der Waals surface area contributed by atoms with Gasteiger partial charge in [-0.2, -0.15) is 9.90 Å².